The summed E-state index contributed by atoms with van der Waals surface area (Å²) in [6.45, 7) is 7.11. The molecule has 30 heavy (non-hydrogen) atoms. The average molecular weight is 403 g/mol. The summed E-state index contributed by atoms with van der Waals surface area (Å²) in [5, 5.41) is 5.96. The lowest BCUT2D eigenvalue weighted by molar-refractivity contribution is -0.114. The zero-order valence-corrected chi connectivity index (χ0v) is 17.2. The van der Waals surface area contributed by atoms with Crippen LogP contribution in [-0.2, 0) is 4.79 Å². The minimum absolute atomic E-state index is 0.112. The fraction of sp³-hybridized carbons (Fsp3) is 0.273. The van der Waals surface area contributed by atoms with Gasteiger partial charge in [-0.15, -0.1) is 0 Å². The molecule has 1 fully saturated rings. The molecule has 154 valence electrons. The number of hydrogen-bond acceptors (Lipinski definition) is 7. The molecule has 0 atom stereocenters. The fourth-order valence-electron chi connectivity index (χ4n) is 3.50. The summed E-state index contributed by atoms with van der Waals surface area (Å²) in [5.41, 5.74) is 4.04. The number of carbonyl (C=O) groups excluding carboxylic acids is 1. The van der Waals surface area contributed by atoms with Crippen LogP contribution >= 0.6 is 0 Å². The highest BCUT2D eigenvalue weighted by Crippen LogP contribution is 2.21. The van der Waals surface area contributed by atoms with Crippen LogP contribution < -0.4 is 20.4 Å². The molecule has 4 rings (SSSR count). The van der Waals surface area contributed by atoms with Crippen molar-refractivity contribution in [2.24, 2.45) is 0 Å². The first-order valence-corrected chi connectivity index (χ1v) is 9.97. The van der Waals surface area contributed by atoms with E-state index in [1.54, 1.807) is 0 Å². The molecule has 2 heterocycles. The van der Waals surface area contributed by atoms with Crippen LogP contribution in [0.2, 0.25) is 0 Å². The fourth-order valence-corrected chi connectivity index (χ4v) is 3.50. The van der Waals surface area contributed by atoms with E-state index in [0.29, 0.717) is 17.6 Å². The van der Waals surface area contributed by atoms with Gasteiger partial charge in [0.05, 0.1) is 0 Å². The second-order valence-electron chi connectivity index (χ2n) is 7.31. The first kappa shape index (κ1) is 19.6. The van der Waals surface area contributed by atoms with Crippen molar-refractivity contribution in [1.82, 2.24) is 15.0 Å². The molecule has 0 saturated carbocycles. The summed E-state index contributed by atoms with van der Waals surface area (Å²) in [6, 6.07) is 16.0. The van der Waals surface area contributed by atoms with Gasteiger partial charge in [-0.3, -0.25) is 4.79 Å². The van der Waals surface area contributed by atoms with Gasteiger partial charge in [0.15, 0.2) is 0 Å². The second-order valence-corrected chi connectivity index (χ2v) is 7.31. The van der Waals surface area contributed by atoms with Crippen molar-refractivity contribution in [2.75, 3.05) is 46.6 Å². The van der Waals surface area contributed by atoms with Gasteiger partial charge >= 0.3 is 0 Å². The van der Waals surface area contributed by atoms with E-state index in [1.165, 1.54) is 24.5 Å². The van der Waals surface area contributed by atoms with Crippen molar-refractivity contribution in [1.29, 1.82) is 0 Å². The molecule has 1 aromatic heterocycles. The molecule has 1 aliphatic rings. The van der Waals surface area contributed by atoms with E-state index in [1.807, 2.05) is 24.3 Å². The third kappa shape index (κ3) is 4.83. The molecule has 1 aliphatic heterocycles. The third-order valence-corrected chi connectivity index (χ3v) is 4.93. The molecule has 0 radical (unpaired) electrons. The number of aryl methyl sites for hydroxylation is 1. The molecule has 2 aromatic carbocycles. The van der Waals surface area contributed by atoms with Crippen LogP contribution in [0.25, 0.3) is 0 Å². The molecular formula is C22H25N7O. The Bertz CT molecular complexity index is 1030. The molecule has 0 aliphatic carbocycles. The summed E-state index contributed by atoms with van der Waals surface area (Å²) < 4.78 is 0. The predicted molar refractivity (Wildman–Crippen MR) is 119 cm³/mol. The molecular weight excluding hydrogens is 378 g/mol. The molecule has 0 unspecified atom stereocenters. The van der Waals surface area contributed by atoms with Crippen molar-refractivity contribution >= 4 is 34.9 Å². The second kappa shape index (κ2) is 8.77. The number of rotatable bonds is 5. The minimum Gasteiger partial charge on any atom is -0.368 e. The molecule has 8 nitrogen and oxygen atoms in total. The zero-order chi connectivity index (χ0) is 20.9. The number of amides is 1. The molecule has 3 aromatic rings. The normalized spacial score (nSPS) is 13.8. The van der Waals surface area contributed by atoms with Gasteiger partial charge < -0.3 is 20.4 Å². The predicted octanol–water partition coefficient (Wildman–Crippen LogP) is 3.21. The maximum absolute atomic E-state index is 11.3. The maximum Gasteiger partial charge on any atom is 0.231 e. The molecule has 0 spiro atoms. The smallest absolute Gasteiger partial charge is 0.231 e. The Hall–Kier alpha value is -3.68. The van der Waals surface area contributed by atoms with Crippen molar-refractivity contribution < 1.29 is 4.79 Å². The van der Waals surface area contributed by atoms with Gasteiger partial charge in [0.25, 0.3) is 0 Å². The Morgan fingerprint density at radius 3 is 2.43 bits per heavy atom. The summed E-state index contributed by atoms with van der Waals surface area (Å²) >= 11 is 0. The van der Waals surface area contributed by atoms with Crippen molar-refractivity contribution in [3.05, 3.63) is 60.4 Å². The van der Waals surface area contributed by atoms with Crippen LogP contribution in [0.1, 0.15) is 12.5 Å². The summed E-state index contributed by atoms with van der Waals surface area (Å²) in [4.78, 5) is 29.0. The summed E-state index contributed by atoms with van der Waals surface area (Å²) in [6.07, 6.45) is 1.52. The Kier molecular flexibility index (Phi) is 5.74. The molecule has 8 heteroatoms. The average Bonchev–Trinajstić information content (AvgIpc) is 2.74. The highest BCUT2D eigenvalue weighted by Gasteiger charge is 2.20. The molecule has 1 saturated heterocycles. The first-order chi connectivity index (χ1) is 14.6. The van der Waals surface area contributed by atoms with E-state index in [0.717, 1.165) is 31.9 Å². The SMILES string of the molecule is CC(=O)Nc1cccc(Nc2ncnc(N3CCN(c4cccc(C)c4)CC3)n2)c1. The lowest BCUT2D eigenvalue weighted by Crippen LogP contribution is -2.47. The van der Waals surface area contributed by atoms with E-state index in [4.69, 9.17) is 0 Å². The van der Waals surface area contributed by atoms with Gasteiger partial charge in [-0.05, 0) is 42.8 Å². The maximum atomic E-state index is 11.3. The number of anilines is 5. The Morgan fingerprint density at radius 2 is 1.67 bits per heavy atom. The van der Waals surface area contributed by atoms with Gasteiger partial charge in [-0.25, -0.2) is 9.97 Å². The molecule has 0 bridgehead atoms. The highest BCUT2D eigenvalue weighted by atomic mass is 16.1. The molecule has 1 amide bonds. The van der Waals surface area contributed by atoms with Crippen LogP contribution in [0, 0.1) is 6.92 Å². The number of nitrogens with one attached hydrogen (secondary N) is 2. The van der Waals surface area contributed by atoms with Crippen molar-refractivity contribution in [3.8, 4) is 0 Å². The largest absolute Gasteiger partial charge is 0.368 e. The van der Waals surface area contributed by atoms with Gasteiger partial charge in [-0.1, -0.05) is 18.2 Å². The Balaban J connectivity index is 1.41. The zero-order valence-electron chi connectivity index (χ0n) is 17.2. The summed E-state index contributed by atoms with van der Waals surface area (Å²) in [5.74, 6) is 1.02. The van der Waals surface area contributed by atoms with Gasteiger partial charge in [-0.2, -0.15) is 4.98 Å². The third-order valence-electron chi connectivity index (χ3n) is 4.93. The highest BCUT2D eigenvalue weighted by molar-refractivity contribution is 5.89. The topological polar surface area (TPSA) is 86.3 Å². The Morgan fingerprint density at radius 1 is 0.933 bits per heavy atom. The number of benzene rings is 2. The number of piperazine rings is 1. The van der Waals surface area contributed by atoms with Gasteiger partial charge in [0, 0.05) is 50.2 Å². The summed E-state index contributed by atoms with van der Waals surface area (Å²) in [7, 11) is 0. The Labute approximate surface area is 176 Å². The van der Waals surface area contributed by atoms with Crippen LogP contribution in [-0.4, -0.2) is 47.0 Å². The van der Waals surface area contributed by atoms with Gasteiger partial charge in [0.1, 0.15) is 6.33 Å². The van der Waals surface area contributed by atoms with Crippen LogP contribution in [0.15, 0.2) is 54.9 Å². The van der Waals surface area contributed by atoms with E-state index in [2.05, 4.69) is 66.6 Å². The lowest BCUT2D eigenvalue weighted by Gasteiger charge is -2.36. The van der Waals surface area contributed by atoms with E-state index in [9.17, 15) is 4.79 Å². The van der Waals surface area contributed by atoms with Crippen molar-refractivity contribution in [3.63, 3.8) is 0 Å². The van der Waals surface area contributed by atoms with Crippen LogP contribution in [0.4, 0.5) is 29.0 Å². The minimum atomic E-state index is -0.112. The molecule has 2 N–H and O–H groups in total. The van der Waals surface area contributed by atoms with Crippen molar-refractivity contribution in [2.45, 2.75) is 13.8 Å². The standard InChI is InChI=1S/C22H25N7O/c1-16-5-3-8-20(13-16)28-9-11-29(12-10-28)22-24-15-23-21(27-22)26-19-7-4-6-18(14-19)25-17(2)30/h3-8,13-15H,9-12H2,1-2H3,(H,25,30)(H,23,24,26,27). The quantitative estimate of drug-likeness (QED) is 0.676. The van der Waals surface area contributed by atoms with E-state index >= 15 is 0 Å². The number of hydrogen-bond donors (Lipinski definition) is 2. The monoisotopic (exact) mass is 403 g/mol. The number of nitrogens with zero attached hydrogens (tertiary/aromatic N) is 5. The van der Waals surface area contributed by atoms with Crippen LogP contribution in [0.3, 0.4) is 0 Å². The van der Waals surface area contributed by atoms with Crippen LogP contribution in [0.5, 0.6) is 0 Å². The van der Waals surface area contributed by atoms with E-state index in [-0.39, 0.29) is 5.91 Å². The first-order valence-electron chi connectivity index (χ1n) is 9.97. The lowest BCUT2D eigenvalue weighted by atomic mass is 10.2. The number of carbonyl (C=O) groups is 1. The van der Waals surface area contributed by atoms with E-state index < -0.39 is 0 Å². The van der Waals surface area contributed by atoms with Gasteiger partial charge in [0.2, 0.25) is 17.8 Å². The number of aromatic nitrogens is 3.